The highest BCUT2D eigenvalue weighted by atomic mass is 79.9. The average molecular weight is 356 g/mol. The lowest BCUT2D eigenvalue weighted by Gasteiger charge is -2.32. The fourth-order valence-electron chi connectivity index (χ4n) is 1.91. The molecule has 1 fully saturated rings. The summed E-state index contributed by atoms with van der Waals surface area (Å²) in [6.45, 7) is 14.1. The third kappa shape index (κ3) is 3.60. The van der Waals surface area contributed by atoms with Gasteiger partial charge in [0, 0.05) is 11.7 Å². The Balaban J connectivity index is 2.22. The van der Waals surface area contributed by atoms with Crippen LogP contribution in [0.1, 0.15) is 48.5 Å². The molecule has 0 amide bonds. The van der Waals surface area contributed by atoms with Crippen LogP contribution in [0.25, 0.3) is 0 Å². The van der Waals surface area contributed by atoms with Gasteiger partial charge in [-0.3, -0.25) is 0 Å². The summed E-state index contributed by atoms with van der Waals surface area (Å²) < 4.78 is 18.6. The minimum atomic E-state index is -0.414. The van der Waals surface area contributed by atoms with Gasteiger partial charge in [0.2, 0.25) is 5.88 Å². The normalized spacial score (nSPS) is 20.7. The van der Waals surface area contributed by atoms with Crippen LogP contribution in [0.15, 0.2) is 16.7 Å². The summed E-state index contributed by atoms with van der Waals surface area (Å²) in [5.41, 5.74) is -0.126. The highest BCUT2D eigenvalue weighted by Crippen LogP contribution is 2.36. The van der Waals surface area contributed by atoms with Crippen molar-refractivity contribution in [3.8, 4) is 5.88 Å². The third-order valence-electron chi connectivity index (χ3n) is 3.76. The molecule has 0 spiro atoms. The van der Waals surface area contributed by atoms with Crippen molar-refractivity contribution in [3.63, 3.8) is 0 Å². The predicted octanol–water partition coefficient (Wildman–Crippen LogP) is 3.32. The molecule has 1 aromatic heterocycles. The number of aromatic nitrogens is 1. The molecule has 0 radical (unpaired) electrons. The van der Waals surface area contributed by atoms with Crippen molar-refractivity contribution in [1.29, 1.82) is 0 Å². The van der Waals surface area contributed by atoms with E-state index in [1.165, 1.54) is 0 Å². The molecule has 4 nitrogen and oxygen atoms in total. The molecule has 0 atom stereocenters. The minimum absolute atomic E-state index is 0.290. The second-order valence-corrected chi connectivity index (χ2v) is 8.21. The van der Waals surface area contributed by atoms with Crippen LogP contribution in [-0.4, -0.2) is 28.9 Å². The molecule has 2 rings (SSSR count). The summed E-state index contributed by atoms with van der Waals surface area (Å²) in [4.78, 5) is 4.37. The number of nitrogens with zero attached hydrogens (tertiary/aromatic N) is 1. The van der Waals surface area contributed by atoms with Gasteiger partial charge in [0.15, 0.2) is 0 Å². The van der Waals surface area contributed by atoms with Gasteiger partial charge in [-0.05, 0) is 70.5 Å². The van der Waals surface area contributed by atoms with Crippen LogP contribution in [0.4, 0.5) is 0 Å². The standard InChI is InChI=1S/C15H23BBrNO3/c1-13(2,3)19-12-11(17)8-10(9-18-12)16-20-14(4,5)15(6,7)21-16/h8-9H,1-7H3. The van der Waals surface area contributed by atoms with E-state index < -0.39 is 7.12 Å². The van der Waals surface area contributed by atoms with Crippen LogP contribution in [-0.2, 0) is 9.31 Å². The van der Waals surface area contributed by atoms with Gasteiger partial charge < -0.3 is 14.0 Å². The van der Waals surface area contributed by atoms with Gasteiger partial charge in [-0.25, -0.2) is 4.98 Å². The predicted molar refractivity (Wildman–Crippen MR) is 88.0 cm³/mol. The van der Waals surface area contributed by atoms with Crippen molar-refractivity contribution in [2.45, 2.75) is 65.3 Å². The summed E-state index contributed by atoms with van der Waals surface area (Å²) in [5, 5.41) is 0. The van der Waals surface area contributed by atoms with Crippen LogP contribution in [0.2, 0.25) is 0 Å². The van der Waals surface area contributed by atoms with Crippen molar-refractivity contribution < 1.29 is 14.0 Å². The summed E-state index contributed by atoms with van der Waals surface area (Å²) in [5.74, 6) is 0.572. The van der Waals surface area contributed by atoms with Crippen molar-refractivity contribution in [2.24, 2.45) is 0 Å². The number of halogens is 1. The second-order valence-electron chi connectivity index (χ2n) is 7.36. The fraction of sp³-hybridized carbons (Fsp3) is 0.667. The van der Waals surface area contributed by atoms with Gasteiger partial charge in [0.1, 0.15) is 5.60 Å². The zero-order chi connectivity index (χ0) is 16.1. The molecule has 2 heterocycles. The molecule has 1 aromatic rings. The van der Waals surface area contributed by atoms with Crippen LogP contribution >= 0.6 is 15.9 Å². The topological polar surface area (TPSA) is 40.6 Å². The van der Waals surface area contributed by atoms with E-state index in [9.17, 15) is 0 Å². The first-order chi connectivity index (χ1) is 9.41. The molecule has 0 bridgehead atoms. The molecule has 0 aromatic carbocycles. The monoisotopic (exact) mass is 355 g/mol. The van der Waals surface area contributed by atoms with E-state index in [0.29, 0.717) is 5.88 Å². The molecule has 1 aliphatic heterocycles. The fourth-order valence-corrected chi connectivity index (χ4v) is 2.36. The lowest BCUT2D eigenvalue weighted by atomic mass is 9.80. The van der Waals surface area contributed by atoms with Crippen LogP contribution < -0.4 is 10.2 Å². The number of ether oxygens (including phenoxy) is 1. The van der Waals surface area contributed by atoms with E-state index in [2.05, 4.69) is 20.9 Å². The number of rotatable bonds is 2. The molecule has 0 N–H and O–H groups in total. The van der Waals surface area contributed by atoms with E-state index in [0.717, 1.165) is 9.94 Å². The Morgan fingerprint density at radius 2 is 1.67 bits per heavy atom. The second kappa shape index (κ2) is 5.25. The first-order valence-corrected chi connectivity index (χ1v) is 7.91. The quantitative estimate of drug-likeness (QED) is 0.763. The van der Waals surface area contributed by atoms with Crippen molar-refractivity contribution >= 4 is 28.5 Å². The molecule has 21 heavy (non-hydrogen) atoms. The molecule has 116 valence electrons. The van der Waals surface area contributed by atoms with E-state index in [-0.39, 0.29) is 16.8 Å². The van der Waals surface area contributed by atoms with Crippen LogP contribution in [0.3, 0.4) is 0 Å². The molecule has 0 aliphatic carbocycles. The van der Waals surface area contributed by atoms with Crippen LogP contribution in [0, 0.1) is 0 Å². The van der Waals surface area contributed by atoms with Crippen molar-refractivity contribution in [3.05, 3.63) is 16.7 Å². The Morgan fingerprint density at radius 3 is 2.10 bits per heavy atom. The van der Waals surface area contributed by atoms with E-state index >= 15 is 0 Å². The SMILES string of the molecule is CC(C)(C)Oc1ncc(B2OC(C)(C)C(C)(C)O2)cc1Br. The largest absolute Gasteiger partial charge is 0.496 e. The number of pyridine rings is 1. The Hall–Kier alpha value is -0.585. The molecule has 0 unspecified atom stereocenters. The van der Waals surface area contributed by atoms with E-state index in [1.54, 1.807) is 6.20 Å². The molecule has 6 heteroatoms. The Kier molecular flexibility index (Phi) is 4.19. The van der Waals surface area contributed by atoms with Gasteiger partial charge in [-0.2, -0.15) is 0 Å². The number of hydrogen-bond donors (Lipinski definition) is 0. The smallest absolute Gasteiger partial charge is 0.471 e. The van der Waals surface area contributed by atoms with Crippen molar-refractivity contribution in [1.82, 2.24) is 4.98 Å². The molecular weight excluding hydrogens is 333 g/mol. The first-order valence-electron chi connectivity index (χ1n) is 7.11. The Bertz CT molecular complexity index is 524. The molecule has 1 saturated heterocycles. The van der Waals surface area contributed by atoms with Gasteiger partial charge in [-0.15, -0.1) is 0 Å². The Morgan fingerprint density at radius 1 is 1.14 bits per heavy atom. The van der Waals surface area contributed by atoms with Gasteiger partial charge in [-0.1, -0.05) is 0 Å². The van der Waals surface area contributed by atoms with E-state index in [4.69, 9.17) is 14.0 Å². The first kappa shape index (κ1) is 16.8. The minimum Gasteiger partial charge on any atom is -0.471 e. The van der Waals surface area contributed by atoms with E-state index in [1.807, 2.05) is 54.5 Å². The summed E-state index contributed by atoms with van der Waals surface area (Å²) in [6.07, 6.45) is 1.74. The highest BCUT2D eigenvalue weighted by molar-refractivity contribution is 9.10. The lowest BCUT2D eigenvalue weighted by molar-refractivity contribution is 0.00578. The zero-order valence-corrected chi connectivity index (χ0v) is 15.4. The summed E-state index contributed by atoms with van der Waals surface area (Å²) >= 11 is 3.51. The van der Waals surface area contributed by atoms with Crippen LogP contribution in [0.5, 0.6) is 5.88 Å². The molecule has 0 saturated carbocycles. The highest BCUT2D eigenvalue weighted by Gasteiger charge is 2.51. The zero-order valence-electron chi connectivity index (χ0n) is 13.8. The van der Waals surface area contributed by atoms with Gasteiger partial charge in [0.05, 0.1) is 15.7 Å². The summed E-state index contributed by atoms with van der Waals surface area (Å²) in [6, 6.07) is 1.94. The third-order valence-corrected chi connectivity index (χ3v) is 4.32. The maximum atomic E-state index is 6.02. The summed E-state index contributed by atoms with van der Waals surface area (Å²) in [7, 11) is -0.414. The lowest BCUT2D eigenvalue weighted by Crippen LogP contribution is -2.41. The maximum absolute atomic E-state index is 6.02. The average Bonchev–Trinajstić information content (AvgIpc) is 2.49. The van der Waals surface area contributed by atoms with Crippen molar-refractivity contribution in [2.75, 3.05) is 0 Å². The molecule has 1 aliphatic rings. The molecular formula is C15H23BBrNO3. The number of hydrogen-bond acceptors (Lipinski definition) is 4. The Labute approximate surface area is 135 Å². The van der Waals surface area contributed by atoms with Gasteiger partial charge >= 0.3 is 7.12 Å². The maximum Gasteiger partial charge on any atom is 0.496 e. The van der Waals surface area contributed by atoms with Gasteiger partial charge in [0.25, 0.3) is 0 Å².